The van der Waals surface area contributed by atoms with Gasteiger partial charge in [0, 0.05) is 49.5 Å². The number of hydrogen-bond acceptors (Lipinski definition) is 6. The Morgan fingerprint density at radius 3 is 2.62 bits per heavy atom. The zero-order valence-corrected chi connectivity index (χ0v) is 24.0. The van der Waals surface area contributed by atoms with Gasteiger partial charge in [-0.05, 0) is 73.7 Å². The van der Waals surface area contributed by atoms with E-state index in [1.54, 1.807) is 7.11 Å². The number of aliphatic hydroxyl groups excluding tert-OH is 1. The number of benzene rings is 1. The molecule has 2 aromatic rings. The van der Waals surface area contributed by atoms with E-state index in [1.807, 2.05) is 48.2 Å². The Hall–Kier alpha value is -3.29. The third-order valence-electron chi connectivity index (χ3n) is 7.56. The molecule has 0 spiro atoms. The average Bonchev–Trinajstić information content (AvgIpc) is 2.95. The SMILES string of the molecule is COc1ccc(C(=O)N(CC(C)(C)CCCCCCN=[N+]=[N-])c2cccc(C)n2)c(N2CCC(CO)CC2)c1. The van der Waals surface area contributed by atoms with Crippen LogP contribution in [0.5, 0.6) is 5.75 Å². The van der Waals surface area contributed by atoms with E-state index in [-0.39, 0.29) is 17.9 Å². The Balaban J connectivity index is 1.85. The Morgan fingerprint density at radius 2 is 1.95 bits per heavy atom. The quantitative estimate of drug-likeness (QED) is 0.127. The summed E-state index contributed by atoms with van der Waals surface area (Å²) in [6, 6.07) is 11.5. The minimum atomic E-state index is -0.127. The second kappa shape index (κ2) is 14.8. The number of amides is 1. The maximum atomic E-state index is 14.3. The Kier molecular flexibility index (Phi) is 11.4. The van der Waals surface area contributed by atoms with E-state index in [0.717, 1.165) is 69.4 Å². The number of hydrogen-bond donors (Lipinski definition) is 1. The molecule has 0 saturated carbocycles. The monoisotopic (exact) mass is 536 g/mol. The molecular weight excluding hydrogens is 492 g/mol. The molecule has 0 radical (unpaired) electrons. The zero-order valence-electron chi connectivity index (χ0n) is 24.0. The van der Waals surface area contributed by atoms with Crippen LogP contribution < -0.4 is 14.5 Å². The summed E-state index contributed by atoms with van der Waals surface area (Å²) in [7, 11) is 1.64. The summed E-state index contributed by atoms with van der Waals surface area (Å²) in [5, 5.41) is 13.2. The molecule has 39 heavy (non-hydrogen) atoms. The summed E-state index contributed by atoms with van der Waals surface area (Å²) in [6.07, 6.45) is 6.78. The highest BCUT2D eigenvalue weighted by Crippen LogP contribution is 2.34. The number of pyridine rings is 1. The van der Waals surface area contributed by atoms with Crippen molar-refractivity contribution in [2.45, 2.75) is 65.7 Å². The van der Waals surface area contributed by atoms with Crippen LogP contribution in [-0.4, -0.2) is 55.9 Å². The highest BCUT2D eigenvalue weighted by atomic mass is 16.5. The average molecular weight is 537 g/mol. The first kappa shape index (κ1) is 30.3. The number of aromatic nitrogens is 1. The topological polar surface area (TPSA) is 115 Å². The van der Waals surface area contributed by atoms with E-state index in [9.17, 15) is 9.90 Å². The Labute approximate surface area is 232 Å². The number of aliphatic hydroxyl groups is 1. The van der Waals surface area contributed by atoms with Gasteiger partial charge in [-0.15, -0.1) is 0 Å². The van der Waals surface area contributed by atoms with Crippen molar-refractivity contribution in [3.63, 3.8) is 0 Å². The van der Waals surface area contributed by atoms with Crippen LogP contribution in [0.25, 0.3) is 10.4 Å². The molecule has 2 heterocycles. The van der Waals surface area contributed by atoms with Gasteiger partial charge in [-0.3, -0.25) is 9.69 Å². The van der Waals surface area contributed by atoms with Crippen LogP contribution >= 0.6 is 0 Å². The largest absolute Gasteiger partial charge is 0.497 e. The Morgan fingerprint density at radius 1 is 1.21 bits per heavy atom. The molecule has 212 valence electrons. The Bertz CT molecular complexity index is 1120. The van der Waals surface area contributed by atoms with Crippen LogP contribution in [0.15, 0.2) is 41.5 Å². The molecule has 0 atom stereocenters. The number of carbonyl (C=O) groups excluding carboxylic acids is 1. The minimum absolute atomic E-state index is 0.0718. The normalized spacial score (nSPS) is 14.1. The van der Waals surface area contributed by atoms with Gasteiger partial charge in [0.2, 0.25) is 0 Å². The molecule has 1 aromatic carbocycles. The third kappa shape index (κ3) is 8.87. The zero-order chi connectivity index (χ0) is 28.3. The molecule has 1 saturated heterocycles. The van der Waals surface area contributed by atoms with E-state index in [4.69, 9.17) is 15.3 Å². The number of unbranched alkanes of at least 4 members (excludes halogenated alkanes) is 3. The molecule has 9 heteroatoms. The number of ether oxygens (including phenoxy) is 1. The molecule has 0 bridgehead atoms. The van der Waals surface area contributed by atoms with Crippen molar-refractivity contribution in [2.75, 3.05) is 49.7 Å². The van der Waals surface area contributed by atoms with Crippen molar-refractivity contribution < 1.29 is 14.6 Å². The maximum absolute atomic E-state index is 14.3. The van der Waals surface area contributed by atoms with Crippen LogP contribution in [0.2, 0.25) is 0 Å². The number of azide groups is 1. The fourth-order valence-electron chi connectivity index (χ4n) is 5.21. The van der Waals surface area contributed by atoms with Gasteiger partial charge >= 0.3 is 0 Å². The number of nitrogens with zero attached hydrogens (tertiary/aromatic N) is 6. The summed E-state index contributed by atoms with van der Waals surface area (Å²) >= 11 is 0. The molecule has 1 amide bonds. The number of aryl methyl sites for hydroxylation is 1. The maximum Gasteiger partial charge on any atom is 0.261 e. The standard InChI is InChI=1S/C30H44N6O3/c1-23-10-9-11-28(33-23)36(22-30(2,3)16-7-5-6-8-17-32-34-31)29(38)26-13-12-25(39-4)20-27(26)35-18-14-24(21-37)15-19-35/h9-13,20,24,37H,5-8,14-19,21-22H2,1-4H3. The highest BCUT2D eigenvalue weighted by molar-refractivity contribution is 6.09. The number of piperidine rings is 1. The van der Waals surface area contributed by atoms with Gasteiger partial charge in [-0.2, -0.15) is 0 Å². The second-order valence-corrected chi connectivity index (χ2v) is 11.3. The fourth-order valence-corrected chi connectivity index (χ4v) is 5.21. The summed E-state index contributed by atoms with van der Waals surface area (Å²) in [5.41, 5.74) is 10.7. The first-order valence-electron chi connectivity index (χ1n) is 14.1. The number of rotatable bonds is 14. The summed E-state index contributed by atoms with van der Waals surface area (Å²) in [6.45, 7) is 9.21. The first-order chi connectivity index (χ1) is 18.8. The predicted molar refractivity (Wildman–Crippen MR) is 157 cm³/mol. The lowest BCUT2D eigenvalue weighted by atomic mass is 9.86. The number of carbonyl (C=O) groups is 1. The molecule has 3 rings (SSSR count). The van der Waals surface area contributed by atoms with E-state index in [1.165, 1.54) is 0 Å². The second-order valence-electron chi connectivity index (χ2n) is 11.3. The van der Waals surface area contributed by atoms with Crippen molar-refractivity contribution in [3.8, 4) is 5.75 Å². The van der Waals surface area contributed by atoms with Gasteiger partial charge in [-0.25, -0.2) is 4.98 Å². The fraction of sp³-hybridized carbons (Fsp3) is 0.600. The van der Waals surface area contributed by atoms with Gasteiger partial charge in [0.05, 0.1) is 18.4 Å². The lowest BCUT2D eigenvalue weighted by Crippen LogP contribution is -2.41. The summed E-state index contributed by atoms with van der Waals surface area (Å²) in [4.78, 5) is 26.0. The van der Waals surface area contributed by atoms with Crippen molar-refractivity contribution in [1.82, 2.24) is 4.98 Å². The molecule has 0 unspecified atom stereocenters. The number of anilines is 2. The van der Waals surface area contributed by atoms with Gasteiger partial charge in [0.25, 0.3) is 5.91 Å². The van der Waals surface area contributed by atoms with Crippen LogP contribution in [0.1, 0.15) is 74.8 Å². The lowest BCUT2D eigenvalue weighted by Gasteiger charge is -2.36. The van der Waals surface area contributed by atoms with Crippen molar-refractivity contribution in [1.29, 1.82) is 0 Å². The van der Waals surface area contributed by atoms with Crippen LogP contribution in [0.4, 0.5) is 11.5 Å². The highest BCUT2D eigenvalue weighted by Gasteiger charge is 2.30. The summed E-state index contributed by atoms with van der Waals surface area (Å²) < 4.78 is 5.52. The van der Waals surface area contributed by atoms with Crippen LogP contribution in [0, 0.1) is 18.3 Å². The van der Waals surface area contributed by atoms with Crippen LogP contribution in [0.3, 0.4) is 0 Å². The van der Waals surface area contributed by atoms with Gasteiger partial charge in [0.15, 0.2) is 0 Å². The lowest BCUT2D eigenvalue weighted by molar-refractivity contribution is 0.0973. The van der Waals surface area contributed by atoms with E-state index in [2.05, 4.69) is 28.8 Å². The minimum Gasteiger partial charge on any atom is -0.497 e. The molecule has 1 aromatic heterocycles. The molecule has 1 aliphatic rings. The molecule has 1 fully saturated rings. The molecule has 0 aliphatic carbocycles. The smallest absolute Gasteiger partial charge is 0.261 e. The molecular formula is C30H44N6O3. The molecule has 1 aliphatic heterocycles. The van der Waals surface area contributed by atoms with Gasteiger partial charge in [-0.1, -0.05) is 44.3 Å². The van der Waals surface area contributed by atoms with Crippen LogP contribution in [-0.2, 0) is 0 Å². The summed E-state index contributed by atoms with van der Waals surface area (Å²) in [5.74, 6) is 1.60. The van der Waals surface area contributed by atoms with Crippen molar-refractivity contribution >= 4 is 17.4 Å². The molecule has 9 nitrogen and oxygen atoms in total. The number of methoxy groups -OCH3 is 1. The van der Waals surface area contributed by atoms with Gasteiger partial charge < -0.3 is 14.7 Å². The van der Waals surface area contributed by atoms with Crippen molar-refractivity contribution in [3.05, 3.63) is 58.1 Å². The van der Waals surface area contributed by atoms with Crippen molar-refractivity contribution in [2.24, 2.45) is 16.4 Å². The van der Waals surface area contributed by atoms with E-state index in [0.29, 0.717) is 36.1 Å². The van der Waals surface area contributed by atoms with E-state index >= 15 is 0 Å². The van der Waals surface area contributed by atoms with E-state index < -0.39 is 0 Å². The third-order valence-corrected chi connectivity index (χ3v) is 7.56. The molecule has 1 N–H and O–H groups in total. The predicted octanol–water partition coefficient (Wildman–Crippen LogP) is 6.54. The first-order valence-corrected chi connectivity index (χ1v) is 14.1. The van der Waals surface area contributed by atoms with Gasteiger partial charge in [0.1, 0.15) is 11.6 Å².